The fourth-order valence-corrected chi connectivity index (χ4v) is 2.85. The minimum absolute atomic E-state index is 0.0501. The molecule has 0 unspecified atom stereocenters. The summed E-state index contributed by atoms with van der Waals surface area (Å²) in [6, 6.07) is 14.6. The third-order valence-electron chi connectivity index (χ3n) is 3.76. The number of nitrogens with zero attached hydrogens (tertiary/aromatic N) is 1. The minimum atomic E-state index is -0.553. The Labute approximate surface area is 142 Å². The van der Waals surface area contributed by atoms with Crippen LogP contribution in [0.25, 0.3) is 10.8 Å². The van der Waals surface area contributed by atoms with Gasteiger partial charge in [0.2, 0.25) is 0 Å². The second kappa shape index (κ2) is 6.29. The normalized spacial score (nSPS) is 10.6. The van der Waals surface area contributed by atoms with Crippen LogP contribution in [0.5, 0.6) is 5.75 Å². The van der Waals surface area contributed by atoms with Crippen molar-refractivity contribution in [2.24, 2.45) is 0 Å². The summed E-state index contributed by atoms with van der Waals surface area (Å²) in [4.78, 5) is 23.1. The lowest BCUT2D eigenvalue weighted by Gasteiger charge is -2.10. The topological polar surface area (TPSA) is 69.4 Å². The summed E-state index contributed by atoms with van der Waals surface area (Å²) in [5.74, 6) is 0.366. The third-order valence-corrected chi connectivity index (χ3v) is 4.07. The van der Waals surface area contributed by atoms with Crippen LogP contribution in [0.1, 0.15) is 15.9 Å². The first-order valence-electron chi connectivity index (χ1n) is 7.07. The highest BCUT2D eigenvalue weighted by Crippen LogP contribution is 2.31. The zero-order valence-corrected chi connectivity index (χ0v) is 13.4. The van der Waals surface area contributed by atoms with E-state index in [9.17, 15) is 14.9 Å². The maximum absolute atomic E-state index is 12.9. The standard InChI is InChI=1S/C18H12ClNO4/c1-24-17-9-8-14(12-4-2-3-5-13(12)17)18(21)15-7-6-11(20(22)23)10-16(15)19/h2-10H,1H3. The molecule has 0 aliphatic heterocycles. The number of halogens is 1. The van der Waals surface area contributed by atoms with E-state index < -0.39 is 4.92 Å². The maximum atomic E-state index is 12.9. The summed E-state index contributed by atoms with van der Waals surface area (Å²) in [5, 5.41) is 12.4. The average molecular weight is 342 g/mol. The van der Waals surface area contributed by atoms with Crippen molar-refractivity contribution in [2.75, 3.05) is 7.11 Å². The van der Waals surface area contributed by atoms with Crippen LogP contribution >= 0.6 is 11.6 Å². The van der Waals surface area contributed by atoms with Gasteiger partial charge in [0.05, 0.1) is 17.1 Å². The zero-order chi connectivity index (χ0) is 17.3. The van der Waals surface area contributed by atoms with E-state index in [1.54, 1.807) is 19.2 Å². The number of nitro benzene ring substituents is 1. The predicted octanol–water partition coefficient (Wildman–Crippen LogP) is 4.64. The molecule has 24 heavy (non-hydrogen) atoms. The molecule has 0 aliphatic rings. The molecule has 0 radical (unpaired) electrons. The number of methoxy groups -OCH3 is 1. The van der Waals surface area contributed by atoms with E-state index in [0.29, 0.717) is 11.3 Å². The van der Waals surface area contributed by atoms with Gasteiger partial charge in [-0.25, -0.2) is 0 Å². The number of hydrogen-bond acceptors (Lipinski definition) is 4. The SMILES string of the molecule is COc1ccc(C(=O)c2ccc([N+](=O)[O-])cc2Cl)c2ccccc12. The monoisotopic (exact) mass is 341 g/mol. The molecule has 0 N–H and O–H groups in total. The highest BCUT2D eigenvalue weighted by atomic mass is 35.5. The molecular weight excluding hydrogens is 330 g/mol. The van der Waals surface area contributed by atoms with Crippen LogP contribution in [-0.2, 0) is 0 Å². The first-order valence-corrected chi connectivity index (χ1v) is 7.45. The van der Waals surface area contributed by atoms with Crippen molar-refractivity contribution in [1.82, 2.24) is 0 Å². The summed E-state index contributed by atoms with van der Waals surface area (Å²) in [7, 11) is 1.57. The number of hydrogen-bond donors (Lipinski definition) is 0. The zero-order valence-electron chi connectivity index (χ0n) is 12.7. The van der Waals surface area contributed by atoms with E-state index in [1.807, 2.05) is 24.3 Å². The Bertz CT molecular complexity index is 968. The number of fused-ring (bicyclic) bond motifs is 1. The molecule has 3 aromatic carbocycles. The molecule has 6 heteroatoms. The van der Waals surface area contributed by atoms with Gasteiger partial charge in [0.15, 0.2) is 5.78 Å². The number of benzene rings is 3. The Morgan fingerprint density at radius 3 is 2.33 bits per heavy atom. The van der Waals surface area contributed by atoms with Crippen molar-refractivity contribution in [3.05, 3.63) is 80.9 Å². The van der Waals surface area contributed by atoms with Crippen molar-refractivity contribution >= 4 is 33.8 Å². The molecule has 0 saturated carbocycles. The van der Waals surface area contributed by atoms with Crippen molar-refractivity contribution in [2.45, 2.75) is 0 Å². The molecule has 0 spiro atoms. The summed E-state index contributed by atoms with van der Waals surface area (Å²) >= 11 is 6.08. The van der Waals surface area contributed by atoms with E-state index in [2.05, 4.69) is 0 Å². The van der Waals surface area contributed by atoms with E-state index in [-0.39, 0.29) is 22.1 Å². The van der Waals surface area contributed by atoms with Crippen LogP contribution in [0.3, 0.4) is 0 Å². The van der Waals surface area contributed by atoms with Crippen LogP contribution in [-0.4, -0.2) is 17.8 Å². The van der Waals surface area contributed by atoms with Gasteiger partial charge < -0.3 is 4.74 Å². The number of ether oxygens (including phenoxy) is 1. The van der Waals surface area contributed by atoms with E-state index in [1.165, 1.54) is 18.2 Å². The smallest absolute Gasteiger partial charge is 0.270 e. The van der Waals surface area contributed by atoms with Crippen LogP contribution in [0.15, 0.2) is 54.6 Å². The van der Waals surface area contributed by atoms with Crippen molar-refractivity contribution < 1.29 is 14.5 Å². The Morgan fingerprint density at radius 2 is 1.71 bits per heavy atom. The lowest BCUT2D eigenvalue weighted by molar-refractivity contribution is -0.384. The second-order valence-electron chi connectivity index (χ2n) is 5.11. The predicted molar refractivity (Wildman–Crippen MR) is 92.0 cm³/mol. The Kier molecular flexibility index (Phi) is 4.18. The van der Waals surface area contributed by atoms with Gasteiger partial charge in [-0.3, -0.25) is 14.9 Å². The van der Waals surface area contributed by atoms with Gasteiger partial charge in [-0.2, -0.15) is 0 Å². The lowest BCUT2D eigenvalue weighted by atomic mass is 9.96. The molecule has 3 rings (SSSR count). The van der Waals surface area contributed by atoms with Crippen LogP contribution in [0.4, 0.5) is 5.69 Å². The fourth-order valence-electron chi connectivity index (χ4n) is 2.59. The average Bonchev–Trinajstić information content (AvgIpc) is 2.60. The Morgan fingerprint density at radius 1 is 1.04 bits per heavy atom. The number of rotatable bonds is 4. The van der Waals surface area contributed by atoms with Gasteiger partial charge >= 0.3 is 0 Å². The van der Waals surface area contributed by atoms with Crippen LogP contribution < -0.4 is 4.74 Å². The molecular formula is C18H12ClNO4. The van der Waals surface area contributed by atoms with Gasteiger partial charge in [0, 0.05) is 28.6 Å². The summed E-state index contributed by atoms with van der Waals surface area (Å²) in [6.07, 6.45) is 0. The highest BCUT2D eigenvalue weighted by Gasteiger charge is 2.19. The summed E-state index contributed by atoms with van der Waals surface area (Å²) in [6.45, 7) is 0. The first kappa shape index (κ1) is 16.0. The number of non-ortho nitro benzene ring substituents is 1. The van der Waals surface area contributed by atoms with E-state index >= 15 is 0 Å². The van der Waals surface area contributed by atoms with E-state index in [0.717, 1.165) is 10.8 Å². The molecule has 0 bridgehead atoms. The van der Waals surface area contributed by atoms with Gasteiger partial charge in [0.25, 0.3) is 5.69 Å². The van der Waals surface area contributed by atoms with Gasteiger partial charge in [0.1, 0.15) is 5.75 Å². The maximum Gasteiger partial charge on any atom is 0.270 e. The number of carbonyl (C=O) groups is 1. The van der Waals surface area contributed by atoms with Gasteiger partial charge in [-0.15, -0.1) is 0 Å². The molecule has 120 valence electrons. The number of nitro groups is 1. The highest BCUT2D eigenvalue weighted by molar-refractivity contribution is 6.35. The van der Waals surface area contributed by atoms with Crippen LogP contribution in [0, 0.1) is 10.1 Å². The minimum Gasteiger partial charge on any atom is -0.496 e. The third kappa shape index (κ3) is 2.70. The second-order valence-corrected chi connectivity index (χ2v) is 5.52. The fraction of sp³-hybridized carbons (Fsp3) is 0.0556. The molecule has 5 nitrogen and oxygen atoms in total. The molecule has 0 aliphatic carbocycles. The molecule has 0 heterocycles. The van der Waals surface area contributed by atoms with Crippen molar-refractivity contribution in [3.8, 4) is 5.75 Å². The Hall–Kier alpha value is -2.92. The molecule has 0 fully saturated rings. The molecule has 0 saturated heterocycles. The van der Waals surface area contributed by atoms with Gasteiger partial charge in [-0.05, 0) is 23.6 Å². The first-order chi connectivity index (χ1) is 11.5. The molecule has 0 amide bonds. The van der Waals surface area contributed by atoms with Crippen LogP contribution in [0.2, 0.25) is 5.02 Å². The quantitative estimate of drug-likeness (QED) is 0.394. The summed E-state index contributed by atoms with van der Waals surface area (Å²) < 4.78 is 5.32. The number of ketones is 1. The largest absolute Gasteiger partial charge is 0.496 e. The lowest BCUT2D eigenvalue weighted by Crippen LogP contribution is -2.04. The molecule has 3 aromatic rings. The van der Waals surface area contributed by atoms with Crippen molar-refractivity contribution in [1.29, 1.82) is 0 Å². The summed E-state index contributed by atoms with van der Waals surface area (Å²) in [5.41, 5.74) is 0.524. The molecule has 0 atom stereocenters. The Balaban J connectivity index is 2.15. The molecule has 0 aromatic heterocycles. The van der Waals surface area contributed by atoms with Crippen molar-refractivity contribution in [3.63, 3.8) is 0 Å². The van der Waals surface area contributed by atoms with E-state index in [4.69, 9.17) is 16.3 Å². The van der Waals surface area contributed by atoms with Gasteiger partial charge in [-0.1, -0.05) is 35.9 Å². The number of carbonyl (C=O) groups excluding carboxylic acids is 1.